The first kappa shape index (κ1) is 18.3. The Labute approximate surface area is 147 Å². The number of ketones is 1. The summed E-state index contributed by atoms with van der Waals surface area (Å²) in [7, 11) is 1.37. The Morgan fingerprint density at radius 2 is 1.67 bits per heavy atom. The van der Waals surface area contributed by atoms with Crippen LogP contribution in [0.25, 0.3) is 0 Å². The smallest absolute Gasteiger partial charge is 0.309 e. The number of carbonyl (C=O) groups excluding carboxylic acids is 2. The van der Waals surface area contributed by atoms with E-state index in [0.717, 1.165) is 11.1 Å². The van der Waals surface area contributed by atoms with Crippen LogP contribution >= 0.6 is 11.8 Å². The number of hydrogen-bond donors (Lipinski definition) is 0. The van der Waals surface area contributed by atoms with E-state index < -0.39 is 5.92 Å². The summed E-state index contributed by atoms with van der Waals surface area (Å²) in [4.78, 5) is 25.6. The third kappa shape index (κ3) is 5.53. The highest BCUT2D eigenvalue weighted by molar-refractivity contribution is 7.98. The molecule has 2 aromatic carbocycles. The minimum absolute atomic E-state index is 0.0539. The van der Waals surface area contributed by atoms with E-state index >= 15 is 0 Å². The fraction of sp³-hybridized carbons (Fsp3) is 0.300. The molecule has 2 aromatic rings. The van der Waals surface area contributed by atoms with Crippen molar-refractivity contribution < 1.29 is 14.3 Å². The summed E-state index contributed by atoms with van der Waals surface area (Å²) >= 11 is 1.67. The van der Waals surface area contributed by atoms with Crippen LogP contribution in [0.5, 0.6) is 0 Å². The minimum Gasteiger partial charge on any atom is -0.469 e. The standard InChI is InChI=1S/C20H22O3S/c1-23-20(22)17(12-15-6-4-3-5-7-15)14-18(21)13-16-8-10-19(24-2)11-9-16/h3-11,17H,12-14H2,1-2H3/t17-/m1/s1. The molecule has 0 radical (unpaired) electrons. The normalized spacial score (nSPS) is 11.8. The molecule has 0 aliphatic carbocycles. The Morgan fingerprint density at radius 3 is 2.25 bits per heavy atom. The van der Waals surface area contributed by atoms with Gasteiger partial charge in [-0.3, -0.25) is 9.59 Å². The van der Waals surface area contributed by atoms with Crippen molar-refractivity contribution >= 4 is 23.5 Å². The molecule has 0 saturated carbocycles. The van der Waals surface area contributed by atoms with E-state index in [-0.39, 0.29) is 18.2 Å². The van der Waals surface area contributed by atoms with E-state index in [1.165, 1.54) is 12.0 Å². The van der Waals surface area contributed by atoms with Gasteiger partial charge in [-0.15, -0.1) is 11.8 Å². The Bertz CT molecular complexity index is 665. The molecule has 0 saturated heterocycles. The minimum atomic E-state index is -0.435. The summed E-state index contributed by atoms with van der Waals surface area (Å²) < 4.78 is 4.87. The lowest BCUT2D eigenvalue weighted by Crippen LogP contribution is -2.23. The number of rotatable bonds is 8. The first-order valence-corrected chi connectivity index (χ1v) is 9.11. The molecule has 0 aliphatic heterocycles. The molecule has 0 N–H and O–H groups in total. The third-order valence-corrected chi connectivity index (χ3v) is 4.64. The average Bonchev–Trinajstić information content (AvgIpc) is 2.62. The van der Waals surface area contributed by atoms with Crippen LogP contribution in [0, 0.1) is 5.92 Å². The van der Waals surface area contributed by atoms with Crippen molar-refractivity contribution in [2.75, 3.05) is 13.4 Å². The summed E-state index contributed by atoms with van der Waals surface area (Å²) in [6.07, 6.45) is 3.08. The number of carbonyl (C=O) groups is 2. The molecule has 24 heavy (non-hydrogen) atoms. The number of benzene rings is 2. The molecule has 3 nitrogen and oxygen atoms in total. The Balaban J connectivity index is 1.99. The molecule has 0 amide bonds. The predicted molar refractivity (Wildman–Crippen MR) is 97.2 cm³/mol. The monoisotopic (exact) mass is 342 g/mol. The lowest BCUT2D eigenvalue weighted by Gasteiger charge is -2.14. The molecular weight excluding hydrogens is 320 g/mol. The van der Waals surface area contributed by atoms with Gasteiger partial charge >= 0.3 is 5.97 Å². The van der Waals surface area contributed by atoms with Crippen molar-refractivity contribution in [1.29, 1.82) is 0 Å². The van der Waals surface area contributed by atoms with Crippen LogP contribution < -0.4 is 0 Å². The van der Waals surface area contributed by atoms with Gasteiger partial charge in [-0.25, -0.2) is 0 Å². The van der Waals surface area contributed by atoms with Gasteiger partial charge in [0.2, 0.25) is 0 Å². The largest absolute Gasteiger partial charge is 0.469 e. The highest BCUT2D eigenvalue weighted by Crippen LogP contribution is 2.18. The van der Waals surface area contributed by atoms with Crippen LogP contribution in [0.4, 0.5) is 0 Å². The quantitative estimate of drug-likeness (QED) is 0.538. The fourth-order valence-corrected chi connectivity index (χ4v) is 3.03. The van der Waals surface area contributed by atoms with Crippen molar-refractivity contribution in [3.63, 3.8) is 0 Å². The molecule has 0 bridgehead atoms. The van der Waals surface area contributed by atoms with Gasteiger partial charge in [0.15, 0.2) is 0 Å². The molecule has 0 spiro atoms. The molecule has 0 fully saturated rings. The fourth-order valence-electron chi connectivity index (χ4n) is 2.62. The van der Waals surface area contributed by atoms with Crippen LogP contribution in [0.3, 0.4) is 0 Å². The lowest BCUT2D eigenvalue weighted by atomic mass is 9.92. The second kappa shape index (κ2) is 9.28. The molecule has 0 aromatic heterocycles. The SMILES string of the molecule is COC(=O)[C@@H](CC(=O)Cc1ccc(SC)cc1)Cc1ccccc1. The van der Waals surface area contributed by atoms with Crippen molar-refractivity contribution in [3.05, 3.63) is 65.7 Å². The Hall–Kier alpha value is -2.07. The van der Waals surface area contributed by atoms with E-state index in [1.54, 1.807) is 11.8 Å². The van der Waals surface area contributed by atoms with Crippen LogP contribution in [-0.4, -0.2) is 25.1 Å². The van der Waals surface area contributed by atoms with Gasteiger partial charge in [0.05, 0.1) is 13.0 Å². The summed E-state index contributed by atoms with van der Waals surface area (Å²) in [6, 6.07) is 17.7. The number of Topliss-reactive ketones (excluding diaryl/α,β-unsaturated/α-hetero) is 1. The number of thioether (sulfide) groups is 1. The van der Waals surface area contributed by atoms with Gasteiger partial charge in [-0.1, -0.05) is 42.5 Å². The van der Waals surface area contributed by atoms with Gasteiger partial charge < -0.3 is 4.74 Å². The van der Waals surface area contributed by atoms with Crippen LogP contribution in [0.2, 0.25) is 0 Å². The van der Waals surface area contributed by atoms with Crippen LogP contribution in [-0.2, 0) is 27.2 Å². The zero-order valence-electron chi connectivity index (χ0n) is 14.0. The van der Waals surface area contributed by atoms with Gasteiger partial charge in [0.25, 0.3) is 0 Å². The van der Waals surface area contributed by atoms with E-state index in [1.807, 2.05) is 60.9 Å². The van der Waals surface area contributed by atoms with Crippen molar-refractivity contribution in [2.24, 2.45) is 5.92 Å². The van der Waals surface area contributed by atoms with Gasteiger partial charge in [-0.05, 0) is 35.9 Å². The average molecular weight is 342 g/mol. The summed E-state index contributed by atoms with van der Waals surface area (Å²) in [6.45, 7) is 0. The Kier molecular flexibility index (Phi) is 7.07. The van der Waals surface area contributed by atoms with E-state index in [4.69, 9.17) is 4.74 Å². The number of hydrogen-bond acceptors (Lipinski definition) is 4. The maximum atomic E-state index is 12.4. The van der Waals surface area contributed by atoms with Crippen molar-refractivity contribution in [3.8, 4) is 0 Å². The first-order valence-electron chi connectivity index (χ1n) is 7.88. The van der Waals surface area contributed by atoms with Gasteiger partial charge in [-0.2, -0.15) is 0 Å². The summed E-state index contributed by atoms with van der Waals surface area (Å²) in [5, 5.41) is 0. The predicted octanol–water partition coefficient (Wildman–Crippen LogP) is 3.94. The Morgan fingerprint density at radius 1 is 1.00 bits per heavy atom. The molecule has 126 valence electrons. The summed E-state index contributed by atoms with van der Waals surface area (Å²) in [5.74, 6) is -0.710. The van der Waals surface area contributed by atoms with Gasteiger partial charge in [0.1, 0.15) is 5.78 Å². The maximum Gasteiger partial charge on any atom is 0.309 e. The second-order valence-corrected chi connectivity index (χ2v) is 6.56. The zero-order chi connectivity index (χ0) is 17.4. The molecule has 0 unspecified atom stereocenters. The lowest BCUT2D eigenvalue weighted by molar-refractivity contribution is -0.147. The molecule has 2 rings (SSSR count). The highest BCUT2D eigenvalue weighted by atomic mass is 32.2. The summed E-state index contributed by atoms with van der Waals surface area (Å²) in [5.41, 5.74) is 2.01. The van der Waals surface area contributed by atoms with Crippen LogP contribution in [0.15, 0.2) is 59.5 Å². The van der Waals surface area contributed by atoms with E-state index in [9.17, 15) is 9.59 Å². The molecule has 1 atom stereocenters. The first-order chi connectivity index (χ1) is 11.6. The van der Waals surface area contributed by atoms with Gasteiger partial charge in [0, 0.05) is 17.7 Å². The second-order valence-electron chi connectivity index (χ2n) is 5.68. The highest BCUT2D eigenvalue weighted by Gasteiger charge is 2.23. The van der Waals surface area contributed by atoms with Crippen molar-refractivity contribution in [2.45, 2.75) is 24.2 Å². The zero-order valence-corrected chi connectivity index (χ0v) is 14.8. The van der Waals surface area contributed by atoms with E-state index in [2.05, 4.69) is 0 Å². The van der Waals surface area contributed by atoms with Crippen molar-refractivity contribution in [1.82, 2.24) is 0 Å². The topological polar surface area (TPSA) is 43.4 Å². The maximum absolute atomic E-state index is 12.4. The van der Waals surface area contributed by atoms with E-state index in [0.29, 0.717) is 12.8 Å². The number of esters is 1. The molecule has 0 aliphatic rings. The molecular formula is C20H22O3S. The molecule has 0 heterocycles. The third-order valence-electron chi connectivity index (χ3n) is 3.89. The van der Waals surface area contributed by atoms with Crippen LogP contribution in [0.1, 0.15) is 17.5 Å². The number of methoxy groups -OCH3 is 1. The number of ether oxygens (including phenoxy) is 1. The molecule has 4 heteroatoms.